The van der Waals surface area contributed by atoms with Crippen molar-refractivity contribution in [1.82, 2.24) is 20.0 Å². The fourth-order valence-electron chi connectivity index (χ4n) is 3.52. The van der Waals surface area contributed by atoms with Crippen LogP contribution in [0, 0.1) is 5.92 Å². The molecule has 1 amide bonds. The predicted octanol–water partition coefficient (Wildman–Crippen LogP) is 3.36. The maximum Gasteiger partial charge on any atom is 0.416 e. The van der Waals surface area contributed by atoms with Crippen LogP contribution in [-0.4, -0.2) is 53.9 Å². The number of likely N-dealkylation sites (tertiary alicyclic amines) is 1. The van der Waals surface area contributed by atoms with Gasteiger partial charge in [-0.25, -0.2) is 4.68 Å². The first-order chi connectivity index (χ1) is 13.8. The molecule has 1 aromatic carbocycles. The number of carbonyl (C=O) groups excluding carboxylic acids is 1. The van der Waals surface area contributed by atoms with Crippen molar-refractivity contribution < 1.29 is 22.7 Å². The highest BCUT2D eigenvalue weighted by molar-refractivity contribution is 5.94. The molecule has 1 N–H and O–H groups in total. The summed E-state index contributed by atoms with van der Waals surface area (Å²) < 4.78 is 45.3. The van der Waals surface area contributed by atoms with E-state index in [2.05, 4.69) is 22.2 Å². The number of ether oxygens (including phenoxy) is 1. The van der Waals surface area contributed by atoms with Crippen LogP contribution in [-0.2, 0) is 6.18 Å². The van der Waals surface area contributed by atoms with E-state index in [0.29, 0.717) is 12.5 Å². The second-order valence-electron chi connectivity index (χ2n) is 7.34. The number of methoxy groups -OCH3 is 1. The Bertz CT molecular complexity index is 850. The summed E-state index contributed by atoms with van der Waals surface area (Å²) in [6.07, 6.45) is -0.673. The van der Waals surface area contributed by atoms with E-state index < -0.39 is 17.6 Å². The summed E-state index contributed by atoms with van der Waals surface area (Å²) in [7, 11) is 1.39. The molecule has 1 aliphatic rings. The zero-order valence-electron chi connectivity index (χ0n) is 16.5. The number of alkyl halides is 3. The third-order valence-electron chi connectivity index (χ3n) is 5.01. The van der Waals surface area contributed by atoms with Crippen molar-refractivity contribution in [2.45, 2.75) is 25.9 Å². The minimum Gasteiger partial charge on any atom is -0.493 e. The first-order valence-corrected chi connectivity index (χ1v) is 9.59. The maximum atomic E-state index is 13.0. The molecule has 29 heavy (non-hydrogen) atoms. The number of nitrogens with one attached hydrogen (secondary N) is 1. The van der Waals surface area contributed by atoms with Gasteiger partial charge in [-0.15, -0.1) is 0 Å². The molecule has 1 aromatic heterocycles. The fourth-order valence-corrected chi connectivity index (χ4v) is 3.52. The average molecular weight is 410 g/mol. The highest BCUT2D eigenvalue weighted by atomic mass is 19.4. The lowest BCUT2D eigenvalue weighted by molar-refractivity contribution is -0.137. The second-order valence-corrected chi connectivity index (χ2v) is 7.34. The Labute approximate surface area is 167 Å². The van der Waals surface area contributed by atoms with Gasteiger partial charge in [0.2, 0.25) is 0 Å². The van der Waals surface area contributed by atoms with Gasteiger partial charge in [0.15, 0.2) is 11.4 Å². The normalized spacial score (nSPS) is 17.9. The van der Waals surface area contributed by atoms with Crippen molar-refractivity contribution in [3.05, 3.63) is 41.7 Å². The number of hydrogen-bond acceptors (Lipinski definition) is 4. The number of hydrogen-bond donors (Lipinski definition) is 1. The smallest absolute Gasteiger partial charge is 0.416 e. The molecule has 3 rings (SSSR count). The summed E-state index contributed by atoms with van der Waals surface area (Å²) >= 11 is 0. The lowest BCUT2D eigenvalue weighted by atomic mass is 10.0. The van der Waals surface area contributed by atoms with Gasteiger partial charge in [0.1, 0.15) is 0 Å². The summed E-state index contributed by atoms with van der Waals surface area (Å²) in [5.41, 5.74) is -0.553. The number of benzene rings is 1. The second kappa shape index (κ2) is 8.86. The largest absolute Gasteiger partial charge is 0.493 e. The van der Waals surface area contributed by atoms with Gasteiger partial charge in [0, 0.05) is 19.6 Å². The lowest BCUT2D eigenvalue weighted by Crippen LogP contribution is -2.40. The molecule has 0 saturated carbocycles. The average Bonchev–Trinajstić information content (AvgIpc) is 3.12. The number of nitrogens with zero attached hydrogens (tertiary/aromatic N) is 3. The molecule has 2 heterocycles. The van der Waals surface area contributed by atoms with Gasteiger partial charge in [-0.3, -0.25) is 4.79 Å². The van der Waals surface area contributed by atoms with Crippen LogP contribution in [0.2, 0.25) is 0 Å². The first-order valence-electron chi connectivity index (χ1n) is 9.59. The van der Waals surface area contributed by atoms with Gasteiger partial charge in [0.05, 0.1) is 24.6 Å². The third kappa shape index (κ3) is 5.29. The van der Waals surface area contributed by atoms with Crippen LogP contribution < -0.4 is 10.1 Å². The molecule has 158 valence electrons. The topological polar surface area (TPSA) is 59.4 Å². The Kier molecular flexibility index (Phi) is 6.46. The molecule has 9 heteroatoms. The molecular weight excluding hydrogens is 385 g/mol. The van der Waals surface area contributed by atoms with E-state index in [-0.39, 0.29) is 17.1 Å². The molecule has 1 saturated heterocycles. The molecule has 0 aliphatic carbocycles. The maximum absolute atomic E-state index is 13.0. The van der Waals surface area contributed by atoms with E-state index in [1.807, 2.05) is 0 Å². The standard InChI is InChI=1S/C20H25F3N4O2/c1-14-5-4-9-26(12-14)10-8-24-19(28)18-17(29-2)13-27(25-18)16-7-3-6-15(11-16)20(21,22)23/h3,6-7,11,13-14H,4-5,8-10,12H2,1-2H3,(H,24,28). The van der Waals surface area contributed by atoms with E-state index >= 15 is 0 Å². The molecule has 2 aromatic rings. The zero-order chi connectivity index (χ0) is 21.0. The lowest BCUT2D eigenvalue weighted by Gasteiger charge is -2.30. The zero-order valence-corrected chi connectivity index (χ0v) is 16.5. The summed E-state index contributed by atoms with van der Waals surface area (Å²) in [6, 6.07) is 4.75. The van der Waals surface area contributed by atoms with Crippen molar-refractivity contribution in [3.63, 3.8) is 0 Å². The van der Waals surface area contributed by atoms with E-state index in [1.54, 1.807) is 0 Å². The Morgan fingerprint density at radius 3 is 2.86 bits per heavy atom. The number of piperidine rings is 1. The summed E-state index contributed by atoms with van der Waals surface area (Å²) in [5, 5.41) is 6.97. The highest BCUT2D eigenvalue weighted by Crippen LogP contribution is 2.30. The van der Waals surface area contributed by atoms with Crippen LogP contribution in [0.5, 0.6) is 5.75 Å². The van der Waals surface area contributed by atoms with Gasteiger partial charge >= 0.3 is 6.18 Å². The molecule has 0 spiro atoms. The molecule has 1 atom stereocenters. The van der Waals surface area contributed by atoms with Crippen molar-refractivity contribution in [1.29, 1.82) is 0 Å². The summed E-state index contributed by atoms with van der Waals surface area (Å²) in [4.78, 5) is 14.8. The minimum atomic E-state index is -4.46. The monoisotopic (exact) mass is 410 g/mol. The van der Waals surface area contributed by atoms with Gasteiger partial charge in [0.25, 0.3) is 5.91 Å². The number of aromatic nitrogens is 2. The Balaban J connectivity index is 1.68. The first kappa shape index (κ1) is 21.2. The third-order valence-corrected chi connectivity index (χ3v) is 5.01. The molecule has 1 fully saturated rings. The van der Waals surface area contributed by atoms with E-state index in [9.17, 15) is 18.0 Å². The van der Waals surface area contributed by atoms with Gasteiger partial charge in [-0.2, -0.15) is 18.3 Å². The van der Waals surface area contributed by atoms with Crippen molar-refractivity contribution in [2.75, 3.05) is 33.3 Å². The van der Waals surface area contributed by atoms with Gasteiger partial charge < -0.3 is 15.0 Å². The molecule has 0 radical (unpaired) electrons. The van der Waals surface area contributed by atoms with E-state index in [1.165, 1.54) is 36.5 Å². The number of halogens is 3. The number of amides is 1. The molecular formula is C20H25F3N4O2. The predicted molar refractivity (Wildman–Crippen MR) is 102 cm³/mol. The van der Waals surface area contributed by atoms with Crippen molar-refractivity contribution >= 4 is 5.91 Å². The molecule has 0 bridgehead atoms. The van der Waals surface area contributed by atoms with Crippen LogP contribution in [0.1, 0.15) is 35.8 Å². The number of rotatable bonds is 6. The molecule has 1 aliphatic heterocycles. The molecule has 6 nitrogen and oxygen atoms in total. The summed E-state index contributed by atoms with van der Waals surface area (Å²) in [5.74, 6) is 0.437. The SMILES string of the molecule is COc1cn(-c2cccc(C(F)(F)F)c2)nc1C(=O)NCCN1CCCC(C)C1. The Morgan fingerprint density at radius 1 is 1.38 bits per heavy atom. The van der Waals surface area contributed by atoms with Gasteiger partial charge in [-0.1, -0.05) is 13.0 Å². The minimum absolute atomic E-state index is 0.0388. The van der Waals surface area contributed by atoms with Crippen LogP contribution in [0.15, 0.2) is 30.5 Å². The van der Waals surface area contributed by atoms with E-state index in [4.69, 9.17) is 4.74 Å². The van der Waals surface area contributed by atoms with Crippen molar-refractivity contribution in [2.24, 2.45) is 5.92 Å². The van der Waals surface area contributed by atoms with Crippen molar-refractivity contribution in [3.8, 4) is 11.4 Å². The van der Waals surface area contributed by atoms with Crippen LogP contribution in [0.25, 0.3) is 5.69 Å². The number of carbonyl (C=O) groups is 1. The summed E-state index contributed by atoms with van der Waals surface area (Å²) in [6.45, 7) is 5.46. The Morgan fingerprint density at radius 2 is 2.17 bits per heavy atom. The fraction of sp³-hybridized carbons (Fsp3) is 0.500. The van der Waals surface area contributed by atoms with Crippen LogP contribution in [0.3, 0.4) is 0 Å². The van der Waals surface area contributed by atoms with Gasteiger partial charge in [-0.05, 0) is 43.5 Å². The highest BCUT2D eigenvalue weighted by Gasteiger charge is 2.30. The van der Waals surface area contributed by atoms with Crippen LogP contribution in [0.4, 0.5) is 13.2 Å². The van der Waals surface area contributed by atoms with E-state index in [0.717, 1.165) is 38.2 Å². The Hall–Kier alpha value is -2.55. The van der Waals surface area contributed by atoms with Crippen LogP contribution >= 0.6 is 0 Å². The molecule has 1 unspecified atom stereocenters. The quantitative estimate of drug-likeness (QED) is 0.794.